The van der Waals surface area contributed by atoms with Crippen LogP contribution in [0, 0.1) is 0 Å². The van der Waals surface area contributed by atoms with Crippen LogP contribution in [0.15, 0.2) is 0 Å². The summed E-state index contributed by atoms with van der Waals surface area (Å²) in [5.74, 6) is 0.174. The van der Waals surface area contributed by atoms with Crippen LogP contribution in [-0.4, -0.2) is 73.1 Å². The van der Waals surface area contributed by atoms with Crippen molar-refractivity contribution < 1.29 is 18.6 Å². The highest BCUT2D eigenvalue weighted by Gasteiger charge is 2.39. The molecule has 1 aliphatic heterocycles. The van der Waals surface area contributed by atoms with Gasteiger partial charge in [-0.2, -0.15) is 4.31 Å². The topological polar surface area (TPSA) is 80.9 Å². The zero-order valence-corrected chi connectivity index (χ0v) is 9.49. The van der Waals surface area contributed by atoms with Gasteiger partial charge in [-0.1, -0.05) is 0 Å². The van der Waals surface area contributed by atoms with Crippen molar-refractivity contribution in [1.29, 1.82) is 0 Å². The summed E-state index contributed by atoms with van der Waals surface area (Å²) in [6, 6.07) is 0. The molecule has 1 fully saturated rings. The summed E-state index contributed by atoms with van der Waals surface area (Å²) >= 11 is 0. The molecule has 90 valence electrons. The summed E-state index contributed by atoms with van der Waals surface area (Å²) in [6.07, 6.45) is 0.735. The van der Waals surface area contributed by atoms with Gasteiger partial charge in [-0.15, -0.1) is 0 Å². The van der Waals surface area contributed by atoms with Gasteiger partial charge >= 0.3 is 0 Å². The van der Waals surface area contributed by atoms with E-state index in [4.69, 9.17) is 10.2 Å². The van der Waals surface area contributed by atoms with Gasteiger partial charge in [0.25, 0.3) is 0 Å². The highest BCUT2D eigenvalue weighted by atomic mass is 32.2. The first kappa shape index (κ1) is 12.9. The Kier molecular flexibility index (Phi) is 4.94. The molecule has 0 aromatic heterocycles. The van der Waals surface area contributed by atoms with E-state index in [2.05, 4.69) is 0 Å². The second-order valence-electron chi connectivity index (χ2n) is 3.56. The monoisotopic (exact) mass is 238 g/mol. The van der Waals surface area contributed by atoms with Crippen LogP contribution >= 0.6 is 0 Å². The normalized spacial score (nSPS) is 23.3. The van der Waals surface area contributed by atoms with Gasteiger partial charge < -0.3 is 10.2 Å². The Morgan fingerprint density at radius 3 is 2.07 bits per heavy atom. The quantitative estimate of drug-likeness (QED) is 0.491. The lowest BCUT2D eigenvalue weighted by molar-refractivity contribution is 0.159. The molecule has 1 aliphatic rings. The maximum atomic E-state index is 10.8. The molecule has 6 nitrogen and oxygen atoms in total. The van der Waals surface area contributed by atoms with E-state index >= 15 is 0 Å². The van der Waals surface area contributed by atoms with Crippen molar-refractivity contribution in [3.8, 4) is 0 Å². The second kappa shape index (κ2) is 5.76. The third-order valence-electron chi connectivity index (χ3n) is 2.34. The lowest BCUT2D eigenvalue weighted by Gasteiger charge is -2.19. The molecule has 0 aromatic rings. The van der Waals surface area contributed by atoms with Crippen LogP contribution in [0.4, 0.5) is 0 Å². The van der Waals surface area contributed by atoms with Gasteiger partial charge in [-0.05, 0) is 13.0 Å². The molecule has 7 heteroatoms. The van der Waals surface area contributed by atoms with E-state index in [1.807, 2.05) is 4.90 Å². The molecule has 0 saturated carbocycles. The molecular formula is C8H18N2O4S. The van der Waals surface area contributed by atoms with Gasteiger partial charge in [0.15, 0.2) is 0 Å². The van der Waals surface area contributed by atoms with Gasteiger partial charge in [0.05, 0.1) is 13.2 Å². The predicted octanol–water partition coefficient (Wildman–Crippen LogP) is -1.73. The number of rotatable bonds is 8. The van der Waals surface area contributed by atoms with E-state index in [9.17, 15) is 8.42 Å². The lowest BCUT2D eigenvalue weighted by atomic mass is 10.3. The molecule has 0 amide bonds. The minimum Gasteiger partial charge on any atom is -0.395 e. The average molecular weight is 238 g/mol. The van der Waals surface area contributed by atoms with Crippen molar-refractivity contribution >= 4 is 10.0 Å². The van der Waals surface area contributed by atoms with Crippen LogP contribution in [0.1, 0.15) is 6.42 Å². The van der Waals surface area contributed by atoms with Gasteiger partial charge in [-0.3, -0.25) is 4.90 Å². The summed E-state index contributed by atoms with van der Waals surface area (Å²) in [5, 5.41) is 17.5. The Hall–Kier alpha value is -0.210. The number of sulfonamides is 1. The third kappa shape index (κ3) is 4.43. The number of hydrogen-bond acceptors (Lipinski definition) is 5. The fourth-order valence-corrected chi connectivity index (χ4v) is 2.56. The molecule has 0 aromatic carbocycles. The highest BCUT2D eigenvalue weighted by molar-refractivity contribution is 7.95. The summed E-state index contributed by atoms with van der Waals surface area (Å²) in [6.45, 7) is 2.40. The van der Waals surface area contributed by atoms with Crippen LogP contribution in [0.5, 0.6) is 0 Å². The Bertz CT molecular complexity index is 274. The molecule has 2 N–H and O–H groups in total. The zero-order valence-electron chi connectivity index (χ0n) is 8.67. The van der Waals surface area contributed by atoms with E-state index in [0.29, 0.717) is 26.2 Å². The second-order valence-corrected chi connectivity index (χ2v) is 5.50. The Morgan fingerprint density at radius 1 is 1.13 bits per heavy atom. The first-order chi connectivity index (χ1) is 7.10. The predicted molar refractivity (Wildman–Crippen MR) is 55.7 cm³/mol. The molecule has 0 aliphatic carbocycles. The summed E-state index contributed by atoms with van der Waals surface area (Å²) in [7, 11) is -2.86. The van der Waals surface area contributed by atoms with E-state index < -0.39 is 10.0 Å². The van der Waals surface area contributed by atoms with Crippen LogP contribution in [0.2, 0.25) is 0 Å². The summed E-state index contributed by atoms with van der Waals surface area (Å²) < 4.78 is 23.1. The van der Waals surface area contributed by atoms with E-state index in [0.717, 1.165) is 6.42 Å². The maximum Gasteiger partial charge on any atom is 0.229 e. The van der Waals surface area contributed by atoms with Crippen LogP contribution in [-0.2, 0) is 10.0 Å². The molecule has 0 spiro atoms. The Morgan fingerprint density at radius 2 is 1.67 bits per heavy atom. The first-order valence-electron chi connectivity index (χ1n) is 5.02. The van der Waals surface area contributed by atoms with Crippen LogP contribution in [0.3, 0.4) is 0 Å². The van der Waals surface area contributed by atoms with Crippen LogP contribution < -0.4 is 0 Å². The minimum absolute atomic E-state index is 0.0576. The minimum atomic E-state index is -2.86. The maximum absolute atomic E-state index is 10.8. The zero-order chi connectivity index (χ0) is 11.3. The molecule has 0 radical (unpaired) electrons. The Labute approximate surface area is 90.2 Å². The van der Waals surface area contributed by atoms with Gasteiger partial charge in [-0.25, -0.2) is 8.42 Å². The number of aliphatic hydroxyl groups is 2. The lowest BCUT2D eigenvalue weighted by Crippen LogP contribution is -2.31. The van der Waals surface area contributed by atoms with Crippen molar-refractivity contribution in [3.05, 3.63) is 0 Å². The number of nitrogens with zero attached hydrogens (tertiary/aromatic N) is 2. The fraction of sp³-hybridized carbons (Fsp3) is 1.00. The Balaban J connectivity index is 2.11. The first-order valence-corrected chi connectivity index (χ1v) is 6.63. The van der Waals surface area contributed by atoms with Crippen molar-refractivity contribution in [2.45, 2.75) is 6.42 Å². The van der Waals surface area contributed by atoms with Gasteiger partial charge in [0.2, 0.25) is 10.0 Å². The summed E-state index contributed by atoms with van der Waals surface area (Å²) in [4.78, 5) is 1.91. The van der Waals surface area contributed by atoms with Crippen molar-refractivity contribution in [2.24, 2.45) is 0 Å². The highest BCUT2D eigenvalue weighted by Crippen LogP contribution is 2.18. The van der Waals surface area contributed by atoms with Crippen LogP contribution in [0.25, 0.3) is 0 Å². The molecule has 1 saturated heterocycles. The SMILES string of the molecule is O=S1(=O)CN1CCCN(CCO)CCO. The van der Waals surface area contributed by atoms with Gasteiger partial charge in [0.1, 0.15) is 5.88 Å². The molecule has 1 unspecified atom stereocenters. The fourth-order valence-electron chi connectivity index (χ4n) is 1.45. The standard InChI is InChI=1S/C8H18N2O4S/c11-6-4-9(5-7-12)2-1-3-10-8-15(10,13)14/h11-12H,1-8H2. The van der Waals surface area contributed by atoms with Crippen molar-refractivity contribution in [3.63, 3.8) is 0 Å². The smallest absolute Gasteiger partial charge is 0.229 e. The van der Waals surface area contributed by atoms with Crippen molar-refractivity contribution in [1.82, 2.24) is 9.21 Å². The summed E-state index contributed by atoms with van der Waals surface area (Å²) in [5.41, 5.74) is 0. The third-order valence-corrected chi connectivity index (χ3v) is 3.78. The van der Waals surface area contributed by atoms with Crippen molar-refractivity contribution in [2.75, 3.05) is 45.3 Å². The van der Waals surface area contributed by atoms with Gasteiger partial charge in [0, 0.05) is 19.6 Å². The number of hydrogen-bond donors (Lipinski definition) is 2. The number of aliphatic hydroxyl groups excluding tert-OH is 2. The molecule has 0 bridgehead atoms. The largest absolute Gasteiger partial charge is 0.395 e. The molecular weight excluding hydrogens is 220 g/mol. The van der Waals surface area contributed by atoms with E-state index in [-0.39, 0.29) is 19.1 Å². The molecule has 1 atom stereocenters. The molecule has 15 heavy (non-hydrogen) atoms. The van der Waals surface area contributed by atoms with E-state index in [1.165, 1.54) is 4.31 Å². The molecule has 1 heterocycles. The average Bonchev–Trinajstić information content (AvgIpc) is 2.75. The molecule has 1 rings (SSSR count). The van der Waals surface area contributed by atoms with E-state index in [1.54, 1.807) is 0 Å².